The van der Waals surface area contributed by atoms with Gasteiger partial charge in [-0.15, -0.1) is 0 Å². The van der Waals surface area contributed by atoms with Crippen LogP contribution >= 0.6 is 0 Å². The number of nitrogens with zero attached hydrogens (tertiary/aromatic N) is 5. The summed E-state index contributed by atoms with van der Waals surface area (Å²) in [6, 6.07) is 17.2. The van der Waals surface area contributed by atoms with E-state index in [4.69, 9.17) is 4.98 Å². The van der Waals surface area contributed by atoms with Crippen molar-refractivity contribution >= 4 is 33.2 Å². The average molecular weight is 347 g/mol. The van der Waals surface area contributed by atoms with Gasteiger partial charge in [0.15, 0.2) is 17.1 Å². The first-order chi connectivity index (χ1) is 13.3. The fraction of sp³-hybridized carbons (Fsp3) is 0. The van der Waals surface area contributed by atoms with E-state index in [1.807, 2.05) is 42.5 Å². The summed E-state index contributed by atoms with van der Waals surface area (Å²) < 4.78 is 1.47. The lowest BCUT2D eigenvalue weighted by Crippen LogP contribution is -2.06. The van der Waals surface area contributed by atoms with E-state index in [-0.39, 0.29) is 11.5 Å². The molecule has 2 aromatic carbocycles. The fourth-order valence-corrected chi connectivity index (χ4v) is 3.84. The van der Waals surface area contributed by atoms with Crippen LogP contribution in [-0.2, 0) is 0 Å². The molecule has 0 bridgehead atoms. The lowest BCUT2D eigenvalue weighted by molar-refractivity contribution is 0.104. The first kappa shape index (κ1) is 14.1. The van der Waals surface area contributed by atoms with Gasteiger partial charge in [0.25, 0.3) is 0 Å². The van der Waals surface area contributed by atoms with Gasteiger partial charge in [-0.05, 0) is 6.07 Å². The molecule has 3 heterocycles. The van der Waals surface area contributed by atoms with Gasteiger partial charge in [-0.3, -0.25) is 9.78 Å². The van der Waals surface area contributed by atoms with Gasteiger partial charge in [0.2, 0.25) is 0 Å². The Morgan fingerprint density at radius 2 is 1.74 bits per heavy atom. The number of pyridine rings is 1. The number of para-hydroxylation sites is 1. The van der Waals surface area contributed by atoms with Gasteiger partial charge in [-0.1, -0.05) is 42.5 Å². The third kappa shape index (κ3) is 1.63. The molecule has 0 radical (unpaired) electrons. The molecule has 1 aliphatic carbocycles. The molecule has 0 saturated heterocycles. The number of carbonyl (C=O) groups is 1. The Labute approximate surface area is 152 Å². The monoisotopic (exact) mass is 347 g/mol. The summed E-state index contributed by atoms with van der Waals surface area (Å²) >= 11 is 0. The SMILES string of the molecule is N#Cc1c2c(nc3c4cnc5ccccc5c4nn13)-c1ccccc1C2=O. The van der Waals surface area contributed by atoms with Gasteiger partial charge in [0.05, 0.1) is 22.2 Å². The Kier molecular flexibility index (Phi) is 2.48. The molecule has 0 unspecified atom stereocenters. The first-order valence-electron chi connectivity index (χ1n) is 8.42. The highest BCUT2D eigenvalue weighted by Gasteiger charge is 2.33. The molecular weight excluding hydrogens is 338 g/mol. The minimum Gasteiger partial charge on any atom is -0.288 e. The summed E-state index contributed by atoms with van der Waals surface area (Å²) in [7, 11) is 0. The standard InChI is InChI=1S/C21H9N5O/c22-9-16-17-19(11-5-1-2-6-12(11)20(17)27)24-21-14-10-23-15-8-4-3-7-13(15)18(14)25-26(16)21/h1-8,10H. The smallest absolute Gasteiger partial charge is 0.198 e. The van der Waals surface area contributed by atoms with Crippen LogP contribution in [0.3, 0.4) is 0 Å². The zero-order chi connectivity index (χ0) is 18.1. The lowest BCUT2D eigenvalue weighted by atomic mass is 10.1. The molecule has 0 spiro atoms. The van der Waals surface area contributed by atoms with Crippen molar-refractivity contribution in [1.82, 2.24) is 19.6 Å². The number of ketones is 1. The van der Waals surface area contributed by atoms with E-state index in [0.29, 0.717) is 28.0 Å². The Morgan fingerprint density at radius 3 is 2.59 bits per heavy atom. The zero-order valence-corrected chi connectivity index (χ0v) is 13.8. The summed E-state index contributed by atoms with van der Waals surface area (Å²) in [6.45, 7) is 0. The van der Waals surface area contributed by atoms with Crippen molar-refractivity contribution < 1.29 is 4.79 Å². The summed E-state index contributed by atoms with van der Waals surface area (Å²) in [6.07, 6.45) is 1.73. The largest absolute Gasteiger partial charge is 0.288 e. The molecule has 27 heavy (non-hydrogen) atoms. The molecule has 0 atom stereocenters. The van der Waals surface area contributed by atoms with Crippen molar-refractivity contribution in [2.75, 3.05) is 0 Å². The molecule has 0 amide bonds. The molecule has 0 fully saturated rings. The van der Waals surface area contributed by atoms with Crippen LogP contribution in [-0.4, -0.2) is 25.4 Å². The highest BCUT2D eigenvalue weighted by Crippen LogP contribution is 2.38. The Hall–Kier alpha value is -4.11. The molecule has 1 aliphatic rings. The molecule has 6 rings (SSSR count). The van der Waals surface area contributed by atoms with E-state index in [1.54, 1.807) is 12.3 Å². The second-order valence-corrected chi connectivity index (χ2v) is 6.44. The molecule has 124 valence electrons. The van der Waals surface area contributed by atoms with Crippen molar-refractivity contribution in [3.8, 4) is 17.3 Å². The predicted molar refractivity (Wildman–Crippen MR) is 99.4 cm³/mol. The van der Waals surface area contributed by atoms with Gasteiger partial charge in [-0.2, -0.15) is 10.4 Å². The Morgan fingerprint density at radius 1 is 0.963 bits per heavy atom. The van der Waals surface area contributed by atoms with E-state index in [1.165, 1.54) is 4.52 Å². The summed E-state index contributed by atoms with van der Waals surface area (Å²) in [5.41, 5.74) is 4.44. The highest BCUT2D eigenvalue weighted by atomic mass is 16.1. The number of nitriles is 1. The normalized spacial score (nSPS) is 12.5. The molecule has 6 nitrogen and oxygen atoms in total. The third-order valence-electron chi connectivity index (χ3n) is 5.05. The van der Waals surface area contributed by atoms with Crippen molar-refractivity contribution in [3.63, 3.8) is 0 Å². The summed E-state index contributed by atoms with van der Waals surface area (Å²) in [5, 5.41) is 16.1. The van der Waals surface area contributed by atoms with Gasteiger partial charge >= 0.3 is 0 Å². The number of hydrogen-bond acceptors (Lipinski definition) is 5. The highest BCUT2D eigenvalue weighted by molar-refractivity contribution is 6.22. The molecule has 0 N–H and O–H groups in total. The third-order valence-corrected chi connectivity index (χ3v) is 5.05. The molecule has 0 saturated carbocycles. The van der Waals surface area contributed by atoms with Crippen molar-refractivity contribution in [2.24, 2.45) is 0 Å². The number of carbonyl (C=O) groups excluding carboxylic acids is 1. The molecule has 3 aromatic heterocycles. The van der Waals surface area contributed by atoms with Crippen molar-refractivity contribution in [1.29, 1.82) is 5.26 Å². The Balaban J connectivity index is 1.84. The van der Waals surface area contributed by atoms with Crippen molar-refractivity contribution in [2.45, 2.75) is 0 Å². The Bertz CT molecular complexity index is 1510. The van der Waals surface area contributed by atoms with E-state index >= 15 is 0 Å². The minimum absolute atomic E-state index is 0.186. The van der Waals surface area contributed by atoms with E-state index in [0.717, 1.165) is 21.9 Å². The van der Waals surface area contributed by atoms with Gasteiger partial charge in [0, 0.05) is 22.7 Å². The van der Waals surface area contributed by atoms with E-state index in [2.05, 4.69) is 16.2 Å². The van der Waals surface area contributed by atoms with Crippen LogP contribution in [0.4, 0.5) is 0 Å². The van der Waals surface area contributed by atoms with Crippen LogP contribution in [0, 0.1) is 11.3 Å². The quantitative estimate of drug-likeness (QED) is 0.420. The second kappa shape index (κ2) is 4.74. The van der Waals surface area contributed by atoms with Crippen LogP contribution in [0.5, 0.6) is 0 Å². The summed E-state index contributed by atoms with van der Waals surface area (Å²) in [4.78, 5) is 22.1. The first-order valence-corrected chi connectivity index (χ1v) is 8.42. The average Bonchev–Trinajstić information content (AvgIpc) is 3.23. The molecule has 6 heteroatoms. The van der Waals surface area contributed by atoms with Crippen molar-refractivity contribution in [3.05, 3.63) is 71.5 Å². The number of fused-ring (bicyclic) bond motifs is 8. The van der Waals surface area contributed by atoms with Crippen LogP contribution in [0.25, 0.3) is 38.7 Å². The number of benzene rings is 2. The number of rotatable bonds is 0. The summed E-state index contributed by atoms with van der Waals surface area (Å²) in [5.74, 6) is -0.186. The molecular formula is C21H9N5O. The number of hydrogen-bond donors (Lipinski definition) is 0. The predicted octanol–water partition coefficient (Wildman–Crippen LogP) is 3.51. The maximum atomic E-state index is 12.9. The van der Waals surface area contributed by atoms with Gasteiger partial charge < -0.3 is 0 Å². The van der Waals surface area contributed by atoms with Crippen LogP contribution in [0.1, 0.15) is 21.6 Å². The second-order valence-electron chi connectivity index (χ2n) is 6.44. The maximum Gasteiger partial charge on any atom is 0.198 e. The van der Waals surface area contributed by atoms with Crippen LogP contribution in [0.15, 0.2) is 54.7 Å². The van der Waals surface area contributed by atoms with E-state index < -0.39 is 0 Å². The van der Waals surface area contributed by atoms with Gasteiger partial charge in [-0.25, -0.2) is 9.50 Å². The fourth-order valence-electron chi connectivity index (χ4n) is 3.84. The topological polar surface area (TPSA) is 83.9 Å². The zero-order valence-electron chi connectivity index (χ0n) is 13.8. The lowest BCUT2D eigenvalue weighted by Gasteiger charge is -2.03. The van der Waals surface area contributed by atoms with Crippen LogP contribution < -0.4 is 0 Å². The van der Waals surface area contributed by atoms with E-state index in [9.17, 15) is 10.1 Å². The van der Waals surface area contributed by atoms with Gasteiger partial charge in [0.1, 0.15) is 11.6 Å². The maximum absolute atomic E-state index is 12.9. The molecule has 0 aliphatic heterocycles. The minimum atomic E-state index is -0.186. The van der Waals surface area contributed by atoms with Crippen LogP contribution in [0.2, 0.25) is 0 Å². The molecule has 5 aromatic rings. The number of aromatic nitrogens is 4.